The average molecular weight is 751 g/mol. The maximum atomic E-state index is 12.7. The zero-order chi connectivity index (χ0) is 38.8. The first kappa shape index (κ1) is 48.7. The number of allylic oxidation sites excluding steroid dienone is 8. The van der Waals surface area contributed by atoms with Crippen molar-refractivity contribution >= 4 is 11.9 Å². The zero-order valence-electron chi connectivity index (χ0n) is 33.0. The molecule has 0 spiro atoms. The predicted molar refractivity (Wildman–Crippen MR) is 210 cm³/mol. The Hall–Kier alpha value is -2.34. The maximum Gasteiger partial charge on any atom is 0.306 e. The summed E-state index contributed by atoms with van der Waals surface area (Å²) in [6.07, 6.45) is 31.2. The third-order valence-corrected chi connectivity index (χ3v) is 9.19. The molecule has 0 aromatic heterocycles. The summed E-state index contributed by atoms with van der Waals surface area (Å²) in [4.78, 5) is 25.2. The molecule has 1 saturated heterocycles. The molecule has 1 heterocycles. The highest BCUT2D eigenvalue weighted by Gasteiger charge is 2.44. The average Bonchev–Trinajstić information content (AvgIpc) is 3.15. The summed E-state index contributed by atoms with van der Waals surface area (Å²) in [6, 6.07) is 0. The number of aliphatic hydroxyl groups excluding tert-OH is 4. The Balaban J connectivity index is 2.40. The van der Waals surface area contributed by atoms with Crippen molar-refractivity contribution in [1.82, 2.24) is 0 Å². The second-order valence-corrected chi connectivity index (χ2v) is 14.1. The number of ether oxygens (including phenoxy) is 4. The van der Waals surface area contributed by atoms with Crippen LogP contribution in [0.1, 0.15) is 155 Å². The van der Waals surface area contributed by atoms with Crippen LogP contribution in [0.2, 0.25) is 0 Å². The Labute approximate surface area is 320 Å². The Kier molecular flexibility index (Phi) is 31.4. The van der Waals surface area contributed by atoms with Gasteiger partial charge in [-0.25, -0.2) is 0 Å². The van der Waals surface area contributed by atoms with E-state index in [1.807, 2.05) is 0 Å². The lowest BCUT2D eigenvalue weighted by Crippen LogP contribution is -2.59. The van der Waals surface area contributed by atoms with Gasteiger partial charge in [0.2, 0.25) is 0 Å². The fraction of sp³-hybridized carbons (Fsp3) is 0.767. The van der Waals surface area contributed by atoms with Crippen molar-refractivity contribution in [1.29, 1.82) is 0 Å². The number of rotatable bonds is 33. The standard InChI is InChI=1S/C43H74O10/c1-3-5-7-9-11-13-15-17-18-20-21-23-25-27-29-31-38(45)50-34-36(35-51-43-42(49)41(48)40(47)37(33-44)53-43)52-39(46)32-30-28-26-24-22-19-16-14-12-10-8-6-4-2/h11-14,17-19,22,36-37,40-44,47-49H,3-10,15-16,20-21,23-35H2,1-2H3/b13-11-,14-12-,18-17-,22-19-/t36-,37-,40+,41+,42-,43-/m1/s1. The van der Waals surface area contributed by atoms with Gasteiger partial charge in [-0.1, -0.05) is 114 Å². The highest BCUT2D eigenvalue weighted by atomic mass is 16.7. The van der Waals surface area contributed by atoms with E-state index in [-0.39, 0.29) is 26.1 Å². The summed E-state index contributed by atoms with van der Waals surface area (Å²) < 4.78 is 22.1. The van der Waals surface area contributed by atoms with Gasteiger partial charge in [0.15, 0.2) is 12.4 Å². The number of esters is 2. The Morgan fingerprint density at radius 1 is 0.585 bits per heavy atom. The second kappa shape index (κ2) is 34.2. The van der Waals surface area contributed by atoms with Crippen LogP contribution in [0.5, 0.6) is 0 Å². The fourth-order valence-electron chi connectivity index (χ4n) is 5.83. The lowest BCUT2D eigenvalue weighted by molar-refractivity contribution is -0.305. The molecule has 0 bridgehead atoms. The van der Waals surface area contributed by atoms with E-state index in [4.69, 9.17) is 18.9 Å². The molecule has 4 N–H and O–H groups in total. The number of hydrogen-bond donors (Lipinski definition) is 4. The van der Waals surface area contributed by atoms with E-state index >= 15 is 0 Å². The van der Waals surface area contributed by atoms with Gasteiger partial charge in [-0.15, -0.1) is 0 Å². The molecule has 1 rings (SSSR count). The molecule has 10 nitrogen and oxygen atoms in total. The first-order valence-electron chi connectivity index (χ1n) is 20.7. The minimum Gasteiger partial charge on any atom is -0.462 e. The largest absolute Gasteiger partial charge is 0.462 e. The first-order valence-corrected chi connectivity index (χ1v) is 20.7. The molecular formula is C43H74O10. The number of carbonyl (C=O) groups excluding carboxylic acids is 2. The Morgan fingerprint density at radius 3 is 1.58 bits per heavy atom. The molecule has 0 saturated carbocycles. The van der Waals surface area contributed by atoms with E-state index in [0.29, 0.717) is 12.8 Å². The fourth-order valence-corrected chi connectivity index (χ4v) is 5.83. The van der Waals surface area contributed by atoms with E-state index in [0.717, 1.165) is 70.6 Å². The molecule has 0 unspecified atom stereocenters. The van der Waals surface area contributed by atoms with Gasteiger partial charge in [0, 0.05) is 12.8 Å². The molecule has 0 radical (unpaired) electrons. The zero-order valence-corrected chi connectivity index (χ0v) is 33.0. The van der Waals surface area contributed by atoms with Crippen LogP contribution >= 0.6 is 0 Å². The summed E-state index contributed by atoms with van der Waals surface area (Å²) in [7, 11) is 0. The molecule has 0 aromatic carbocycles. The van der Waals surface area contributed by atoms with Crippen molar-refractivity contribution < 1.29 is 49.0 Å². The summed E-state index contributed by atoms with van der Waals surface area (Å²) in [6.45, 7) is 3.30. The highest BCUT2D eigenvalue weighted by molar-refractivity contribution is 5.70. The van der Waals surface area contributed by atoms with E-state index in [1.165, 1.54) is 44.9 Å². The maximum absolute atomic E-state index is 12.7. The van der Waals surface area contributed by atoms with Gasteiger partial charge < -0.3 is 39.4 Å². The van der Waals surface area contributed by atoms with Crippen molar-refractivity contribution in [3.63, 3.8) is 0 Å². The van der Waals surface area contributed by atoms with Crippen LogP contribution in [-0.2, 0) is 28.5 Å². The normalized spacial score (nSPS) is 21.4. The number of carbonyl (C=O) groups is 2. The smallest absolute Gasteiger partial charge is 0.306 e. The Morgan fingerprint density at radius 2 is 1.06 bits per heavy atom. The lowest BCUT2D eigenvalue weighted by atomic mass is 9.99. The minimum atomic E-state index is -1.60. The molecule has 0 amide bonds. The van der Waals surface area contributed by atoms with Crippen LogP contribution in [0.3, 0.4) is 0 Å². The van der Waals surface area contributed by atoms with E-state index in [2.05, 4.69) is 62.5 Å². The molecule has 1 aliphatic rings. The van der Waals surface area contributed by atoms with Crippen LogP contribution in [-0.4, -0.2) is 89.0 Å². The number of aliphatic hydroxyl groups is 4. The van der Waals surface area contributed by atoms with Crippen molar-refractivity contribution in [2.24, 2.45) is 0 Å². The van der Waals surface area contributed by atoms with Gasteiger partial charge in [0.1, 0.15) is 31.0 Å². The molecule has 1 fully saturated rings. The van der Waals surface area contributed by atoms with Crippen LogP contribution in [0.15, 0.2) is 48.6 Å². The van der Waals surface area contributed by atoms with E-state index in [9.17, 15) is 30.0 Å². The molecule has 306 valence electrons. The molecule has 1 aliphatic heterocycles. The minimum absolute atomic E-state index is 0.195. The van der Waals surface area contributed by atoms with Gasteiger partial charge in [-0.2, -0.15) is 0 Å². The molecule has 10 heteroatoms. The van der Waals surface area contributed by atoms with Crippen molar-refractivity contribution in [2.75, 3.05) is 19.8 Å². The quantitative estimate of drug-likeness (QED) is 0.0294. The van der Waals surface area contributed by atoms with Crippen LogP contribution in [0, 0.1) is 0 Å². The van der Waals surface area contributed by atoms with Crippen molar-refractivity contribution in [3.8, 4) is 0 Å². The van der Waals surface area contributed by atoms with Gasteiger partial charge in [-0.3, -0.25) is 9.59 Å². The van der Waals surface area contributed by atoms with Crippen LogP contribution in [0.25, 0.3) is 0 Å². The first-order chi connectivity index (χ1) is 25.8. The van der Waals surface area contributed by atoms with Gasteiger partial charge in [0.25, 0.3) is 0 Å². The highest BCUT2D eigenvalue weighted by Crippen LogP contribution is 2.22. The third-order valence-electron chi connectivity index (χ3n) is 9.19. The van der Waals surface area contributed by atoms with Crippen molar-refractivity contribution in [3.05, 3.63) is 48.6 Å². The molecule has 0 aromatic rings. The summed E-state index contributed by atoms with van der Waals surface area (Å²) in [5, 5.41) is 40.0. The number of hydrogen-bond acceptors (Lipinski definition) is 10. The molecular weight excluding hydrogens is 676 g/mol. The SMILES string of the molecule is CCCCC/C=C\C/C=C\CCCCCCCC(=O)OC[C@H](CO[C@@H]1O[C@H](CO)[C@H](O)[C@H](O)[C@H]1O)OC(=O)CCCCC/C=C\C/C=C\CCCCC. The second-order valence-electron chi connectivity index (χ2n) is 14.1. The van der Waals surface area contributed by atoms with E-state index < -0.39 is 55.4 Å². The summed E-state index contributed by atoms with van der Waals surface area (Å²) in [5.74, 6) is -0.856. The monoisotopic (exact) mass is 751 g/mol. The third kappa shape index (κ3) is 26.2. The summed E-state index contributed by atoms with van der Waals surface area (Å²) in [5.41, 5.74) is 0. The van der Waals surface area contributed by atoms with Gasteiger partial charge >= 0.3 is 11.9 Å². The lowest BCUT2D eigenvalue weighted by Gasteiger charge is -2.39. The summed E-state index contributed by atoms with van der Waals surface area (Å²) >= 11 is 0. The van der Waals surface area contributed by atoms with Crippen LogP contribution < -0.4 is 0 Å². The number of unbranched alkanes of at least 4 members (excludes halogenated alkanes) is 14. The topological polar surface area (TPSA) is 152 Å². The molecule has 6 atom stereocenters. The van der Waals surface area contributed by atoms with E-state index in [1.54, 1.807) is 0 Å². The molecule has 0 aliphatic carbocycles. The predicted octanol–water partition coefficient (Wildman–Crippen LogP) is 8.10. The molecule has 53 heavy (non-hydrogen) atoms. The van der Waals surface area contributed by atoms with Gasteiger partial charge in [-0.05, 0) is 77.0 Å². The van der Waals surface area contributed by atoms with Crippen LogP contribution in [0.4, 0.5) is 0 Å². The van der Waals surface area contributed by atoms with Gasteiger partial charge in [0.05, 0.1) is 13.2 Å². The van der Waals surface area contributed by atoms with Crippen molar-refractivity contribution in [2.45, 2.75) is 192 Å². The Bertz CT molecular complexity index is 1010.